The van der Waals surface area contributed by atoms with E-state index in [1.54, 1.807) is 0 Å². The van der Waals surface area contributed by atoms with Crippen LogP contribution in [0.2, 0.25) is 0 Å². The van der Waals surface area contributed by atoms with Gasteiger partial charge in [0.2, 0.25) is 0 Å². The molecule has 1 aromatic carbocycles. The lowest BCUT2D eigenvalue weighted by Crippen LogP contribution is -2.25. The normalized spacial score (nSPS) is 9.46. The van der Waals surface area contributed by atoms with Gasteiger partial charge in [0, 0.05) is 18.7 Å². The maximum Gasteiger partial charge on any atom is 0.251 e. The van der Waals surface area contributed by atoms with Crippen LogP contribution in [0.1, 0.15) is 29.9 Å². The van der Waals surface area contributed by atoms with Crippen molar-refractivity contribution in [1.82, 2.24) is 10.3 Å². The molecule has 0 atom stereocenters. The van der Waals surface area contributed by atoms with Crippen molar-refractivity contribution < 1.29 is 9.18 Å². The van der Waals surface area contributed by atoms with Crippen molar-refractivity contribution in [2.24, 2.45) is 0 Å². The molecular weight excluding hydrogens is 352 g/mol. The highest BCUT2D eigenvalue weighted by Crippen LogP contribution is 2.11. The molecule has 0 saturated carbocycles. The van der Waals surface area contributed by atoms with Gasteiger partial charge in [-0.25, -0.2) is 9.37 Å². The van der Waals surface area contributed by atoms with Crippen LogP contribution in [0.15, 0.2) is 42.5 Å². The van der Waals surface area contributed by atoms with Gasteiger partial charge in [-0.05, 0) is 50.2 Å². The second-order valence-corrected chi connectivity index (χ2v) is 4.85. The first-order valence-electron chi connectivity index (χ1n) is 7.38. The van der Waals surface area contributed by atoms with E-state index in [4.69, 9.17) is 0 Å². The molecule has 1 aromatic heterocycles. The van der Waals surface area contributed by atoms with Crippen molar-refractivity contribution >= 4 is 36.5 Å². The molecular formula is C17H22Cl2FN3O. The number of benzene rings is 1. The minimum absolute atomic E-state index is 0. The van der Waals surface area contributed by atoms with Gasteiger partial charge in [-0.3, -0.25) is 4.79 Å². The van der Waals surface area contributed by atoms with Crippen LogP contribution in [-0.4, -0.2) is 24.0 Å². The molecule has 1 N–H and O–H groups in total. The zero-order chi connectivity index (χ0) is 15.9. The summed E-state index contributed by atoms with van der Waals surface area (Å²) < 4.78 is 12.8. The maximum atomic E-state index is 12.8. The van der Waals surface area contributed by atoms with Crippen LogP contribution < -0.4 is 10.2 Å². The average Bonchev–Trinajstić information content (AvgIpc) is 2.55. The molecule has 0 aliphatic rings. The average molecular weight is 374 g/mol. The van der Waals surface area contributed by atoms with E-state index in [1.165, 1.54) is 24.3 Å². The fourth-order valence-electron chi connectivity index (χ4n) is 2.16. The van der Waals surface area contributed by atoms with Gasteiger partial charge >= 0.3 is 0 Å². The number of carbonyl (C=O) groups is 1. The number of rotatable bonds is 6. The highest BCUT2D eigenvalue weighted by molar-refractivity contribution is 5.94. The lowest BCUT2D eigenvalue weighted by atomic mass is 10.2. The number of aromatic nitrogens is 1. The number of amides is 1. The first-order valence-corrected chi connectivity index (χ1v) is 7.38. The maximum absolute atomic E-state index is 12.8. The third-order valence-corrected chi connectivity index (χ3v) is 3.42. The van der Waals surface area contributed by atoms with Gasteiger partial charge in [0.15, 0.2) is 0 Å². The van der Waals surface area contributed by atoms with E-state index in [9.17, 15) is 9.18 Å². The third kappa shape index (κ3) is 5.98. The smallest absolute Gasteiger partial charge is 0.251 e. The van der Waals surface area contributed by atoms with E-state index in [2.05, 4.69) is 29.0 Å². The molecule has 0 aliphatic heterocycles. The lowest BCUT2D eigenvalue weighted by molar-refractivity contribution is 0.0950. The van der Waals surface area contributed by atoms with E-state index in [-0.39, 0.29) is 36.5 Å². The summed E-state index contributed by atoms with van der Waals surface area (Å²) in [4.78, 5) is 18.7. The molecule has 1 heterocycles. The van der Waals surface area contributed by atoms with Gasteiger partial charge in [0.05, 0.1) is 12.2 Å². The molecule has 24 heavy (non-hydrogen) atoms. The summed E-state index contributed by atoms with van der Waals surface area (Å²) in [5.74, 6) is 0.304. The molecule has 0 spiro atoms. The Kier molecular flexibility index (Phi) is 10.0. The molecule has 2 rings (SSSR count). The first kappa shape index (κ1) is 22.1. The van der Waals surface area contributed by atoms with Gasteiger partial charge in [-0.15, -0.1) is 24.8 Å². The summed E-state index contributed by atoms with van der Waals surface area (Å²) in [6, 6.07) is 11.2. The predicted molar refractivity (Wildman–Crippen MR) is 99.9 cm³/mol. The van der Waals surface area contributed by atoms with Crippen LogP contribution >= 0.6 is 24.8 Å². The van der Waals surface area contributed by atoms with Crippen molar-refractivity contribution in [3.05, 3.63) is 59.5 Å². The largest absolute Gasteiger partial charge is 0.357 e. The summed E-state index contributed by atoms with van der Waals surface area (Å²) in [5, 5.41) is 2.79. The van der Waals surface area contributed by atoms with E-state index in [1.807, 2.05) is 18.2 Å². The molecule has 0 aliphatic carbocycles. The number of anilines is 1. The number of nitrogens with one attached hydrogen (secondary N) is 1. The summed E-state index contributed by atoms with van der Waals surface area (Å²) in [6.07, 6.45) is 0. The monoisotopic (exact) mass is 373 g/mol. The fraction of sp³-hybridized carbons (Fsp3) is 0.294. The number of hydrogen-bond acceptors (Lipinski definition) is 3. The quantitative estimate of drug-likeness (QED) is 0.836. The third-order valence-electron chi connectivity index (χ3n) is 3.42. The molecule has 132 valence electrons. The summed E-state index contributed by atoms with van der Waals surface area (Å²) >= 11 is 0. The molecule has 0 unspecified atom stereocenters. The molecule has 0 bridgehead atoms. The standard InChI is InChI=1S/C17H20FN3O.2ClH/c1-3-21(4-2)16-7-5-6-15(20-16)12-19-17(22)13-8-10-14(18)11-9-13;;/h5-11H,3-4,12H2,1-2H3,(H,19,22);2*1H. The number of carbonyl (C=O) groups excluding carboxylic acids is 1. The summed E-state index contributed by atoms with van der Waals surface area (Å²) in [5.41, 5.74) is 1.22. The SMILES string of the molecule is CCN(CC)c1cccc(CNC(=O)c2ccc(F)cc2)n1.Cl.Cl. The van der Waals surface area contributed by atoms with Crippen LogP contribution in [0.4, 0.5) is 10.2 Å². The topological polar surface area (TPSA) is 45.2 Å². The van der Waals surface area contributed by atoms with Crippen LogP contribution in [0, 0.1) is 5.82 Å². The number of hydrogen-bond donors (Lipinski definition) is 1. The van der Waals surface area contributed by atoms with Gasteiger partial charge in [-0.1, -0.05) is 6.07 Å². The highest BCUT2D eigenvalue weighted by atomic mass is 35.5. The van der Waals surface area contributed by atoms with Crippen molar-refractivity contribution in [2.45, 2.75) is 20.4 Å². The Balaban J connectivity index is 0.00000264. The van der Waals surface area contributed by atoms with Crippen LogP contribution in [0.3, 0.4) is 0 Å². The van der Waals surface area contributed by atoms with Crippen LogP contribution in [-0.2, 0) is 6.54 Å². The Morgan fingerprint density at radius 1 is 1.08 bits per heavy atom. The van der Waals surface area contributed by atoms with Crippen LogP contribution in [0.5, 0.6) is 0 Å². The van der Waals surface area contributed by atoms with Crippen molar-refractivity contribution in [3.63, 3.8) is 0 Å². The number of nitrogens with zero attached hydrogens (tertiary/aromatic N) is 2. The van der Waals surface area contributed by atoms with Crippen molar-refractivity contribution in [1.29, 1.82) is 0 Å². The Morgan fingerprint density at radius 2 is 1.71 bits per heavy atom. The second kappa shape index (κ2) is 10.8. The number of halogens is 3. The van der Waals surface area contributed by atoms with Crippen molar-refractivity contribution in [3.8, 4) is 0 Å². The van der Waals surface area contributed by atoms with Gasteiger partial charge in [0.1, 0.15) is 11.6 Å². The number of pyridine rings is 1. The van der Waals surface area contributed by atoms with Crippen LogP contribution in [0.25, 0.3) is 0 Å². The molecule has 0 saturated heterocycles. The Morgan fingerprint density at radius 3 is 2.29 bits per heavy atom. The zero-order valence-electron chi connectivity index (χ0n) is 13.7. The van der Waals surface area contributed by atoms with E-state index in [0.717, 1.165) is 24.6 Å². The minimum Gasteiger partial charge on any atom is -0.357 e. The van der Waals surface area contributed by atoms with E-state index >= 15 is 0 Å². The highest BCUT2D eigenvalue weighted by Gasteiger charge is 2.07. The second-order valence-electron chi connectivity index (χ2n) is 4.85. The molecule has 7 heteroatoms. The Hall–Kier alpha value is -1.85. The summed E-state index contributed by atoms with van der Waals surface area (Å²) in [6.45, 7) is 6.26. The minimum atomic E-state index is -0.356. The van der Waals surface area contributed by atoms with Gasteiger partial charge < -0.3 is 10.2 Å². The first-order chi connectivity index (χ1) is 10.6. The van der Waals surface area contributed by atoms with E-state index < -0.39 is 0 Å². The zero-order valence-corrected chi connectivity index (χ0v) is 15.3. The Labute approximate surface area is 154 Å². The molecule has 0 radical (unpaired) electrons. The molecule has 4 nitrogen and oxygen atoms in total. The molecule has 2 aromatic rings. The van der Waals surface area contributed by atoms with Crippen molar-refractivity contribution in [2.75, 3.05) is 18.0 Å². The fourth-order valence-corrected chi connectivity index (χ4v) is 2.16. The summed E-state index contributed by atoms with van der Waals surface area (Å²) in [7, 11) is 0. The predicted octanol–water partition coefficient (Wildman–Crippen LogP) is 3.84. The molecule has 0 fully saturated rings. The van der Waals surface area contributed by atoms with Gasteiger partial charge in [0.25, 0.3) is 5.91 Å². The molecule has 1 amide bonds. The van der Waals surface area contributed by atoms with E-state index in [0.29, 0.717) is 12.1 Å². The van der Waals surface area contributed by atoms with Gasteiger partial charge in [-0.2, -0.15) is 0 Å². The lowest BCUT2D eigenvalue weighted by Gasteiger charge is -2.20. The Bertz CT molecular complexity index is 634.